The van der Waals surface area contributed by atoms with E-state index in [1.54, 1.807) is 12.1 Å². The van der Waals surface area contributed by atoms with Crippen LogP contribution in [-0.2, 0) is 10.0 Å². The molecule has 4 nitrogen and oxygen atoms in total. The second-order valence-corrected chi connectivity index (χ2v) is 8.42. The summed E-state index contributed by atoms with van der Waals surface area (Å²) >= 11 is 0. The highest BCUT2D eigenvalue weighted by Crippen LogP contribution is 2.34. The number of nitrogens with two attached hydrogens (primary N) is 1. The fourth-order valence-corrected chi connectivity index (χ4v) is 4.78. The van der Waals surface area contributed by atoms with Crippen LogP contribution in [0.4, 0.5) is 0 Å². The summed E-state index contributed by atoms with van der Waals surface area (Å²) in [5, 5.41) is 0. The first-order chi connectivity index (χ1) is 10.6. The predicted molar refractivity (Wildman–Crippen MR) is 95.4 cm³/mol. The van der Waals surface area contributed by atoms with Gasteiger partial charge in [-0.15, -0.1) is 12.4 Å². The van der Waals surface area contributed by atoms with E-state index in [1.807, 2.05) is 12.1 Å². The van der Waals surface area contributed by atoms with Crippen LogP contribution >= 0.6 is 12.4 Å². The van der Waals surface area contributed by atoms with Gasteiger partial charge in [-0.3, -0.25) is 0 Å². The first kappa shape index (κ1) is 18.7. The number of sulfonamides is 1. The average molecular weight is 359 g/mol. The van der Waals surface area contributed by atoms with Gasteiger partial charge in [0.25, 0.3) is 0 Å². The summed E-state index contributed by atoms with van der Waals surface area (Å²) in [4.78, 5) is 0.353. The number of nitrogens with one attached hydrogen (secondary N) is 1. The Morgan fingerprint density at radius 3 is 2.17 bits per heavy atom. The third kappa shape index (κ3) is 4.69. The first-order valence-electron chi connectivity index (χ1n) is 8.42. The Balaban J connectivity index is 0.00000192. The third-order valence-corrected chi connectivity index (χ3v) is 6.52. The summed E-state index contributed by atoms with van der Waals surface area (Å²) in [5.41, 5.74) is 6.97. The highest BCUT2D eigenvalue weighted by molar-refractivity contribution is 7.89. The van der Waals surface area contributed by atoms with E-state index in [0.717, 1.165) is 12.8 Å². The Labute approximate surface area is 145 Å². The van der Waals surface area contributed by atoms with Crippen LogP contribution in [0.2, 0.25) is 0 Å². The van der Waals surface area contributed by atoms with Gasteiger partial charge in [-0.25, -0.2) is 13.1 Å². The van der Waals surface area contributed by atoms with Crippen molar-refractivity contribution in [2.24, 2.45) is 11.7 Å². The molecule has 1 aromatic carbocycles. The van der Waals surface area contributed by atoms with Gasteiger partial charge in [0, 0.05) is 12.6 Å². The van der Waals surface area contributed by atoms with Crippen molar-refractivity contribution < 1.29 is 8.42 Å². The lowest BCUT2D eigenvalue weighted by molar-refractivity contribution is 0.443. The Kier molecular flexibility index (Phi) is 6.48. The third-order valence-electron chi connectivity index (χ3n) is 5.02. The minimum atomic E-state index is -3.45. The highest BCUT2D eigenvalue weighted by atomic mass is 35.5. The topological polar surface area (TPSA) is 72.2 Å². The van der Waals surface area contributed by atoms with Gasteiger partial charge in [-0.1, -0.05) is 31.4 Å². The number of halogens is 1. The van der Waals surface area contributed by atoms with Crippen molar-refractivity contribution in [3.63, 3.8) is 0 Å². The molecule has 1 atom stereocenters. The molecule has 2 aliphatic rings. The molecule has 6 heteroatoms. The zero-order valence-corrected chi connectivity index (χ0v) is 15.0. The molecule has 1 unspecified atom stereocenters. The van der Waals surface area contributed by atoms with E-state index >= 15 is 0 Å². The number of hydrogen-bond acceptors (Lipinski definition) is 3. The van der Waals surface area contributed by atoms with Gasteiger partial charge in [0.05, 0.1) is 4.90 Å². The molecule has 0 amide bonds. The molecule has 2 saturated carbocycles. The first-order valence-corrected chi connectivity index (χ1v) is 9.91. The van der Waals surface area contributed by atoms with Crippen LogP contribution in [0.3, 0.4) is 0 Å². The quantitative estimate of drug-likeness (QED) is 0.820. The Morgan fingerprint density at radius 2 is 1.65 bits per heavy atom. The second-order valence-electron chi connectivity index (χ2n) is 6.70. The molecule has 3 N–H and O–H groups in total. The summed E-state index contributed by atoms with van der Waals surface area (Å²) in [6.45, 7) is 0.365. The van der Waals surface area contributed by atoms with E-state index in [9.17, 15) is 8.42 Å². The molecular weight excluding hydrogens is 332 g/mol. The SMILES string of the molecule is Cl.NCC(NS(=O)(=O)c1ccc(C2CCCCC2)cc1)C1CC1. The molecule has 0 radical (unpaired) electrons. The van der Waals surface area contributed by atoms with Crippen molar-refractivity contribution in [2.75, 3.05) is 6.54 Å². The van der Waals surface area contributed by atoms with Crippen LogP contribution in [0.5, 0.6) is 0 Å². The molecule has 0 bridgehead atoms. The van der Waals surface area contributed by atoms with E-state index in [2.05, 4.69) is 4.72 Å². The molecule has 130 valence electrons. The minimum absolute atomic E-state index is 0. The molecule has 0 saturated heterocycles. The van der Waals surface area contributed by atoms with E-state index in [4.69, 9.17) is 5.73 Å². The minimum Gasteiger partial charge on any atom is -0.329 e. The van der Waals surface area contributed by atoms with Crippen LogP contribution in [0.15, 0.2) is 29.2 Å². The lowest BCUT2D eigenvalue weighted by Crippen LogP contribution is -2.41. The molecule has 0 aliphatic heterocycles. The zero-order valence-electron chi connectivity index (χ0n) is 13.4. The fourth-order valence-electron chi connectivity index (χ4n) is 3.46. The Hall–Kier alpha value is -0.620. The van der Waals surface area contributed by atoms with E-state index < -0.39 is 10.0 Å². The molecule has 1 aromatic rings. The molecule has 0 spiro atoms. The van der Waals surface area contributed by atoms with Gasteiger partial charge in [-0.05, 0) is 55.2 Å². The van der Waals surface area contributed by atoms with E-state index in [-0.39, 0.29) is 18.4 Å². The van der Waals surface area contributed by atoms with Gasteiger partial charge in [0.1, 0.15) is 0 Å². The molecule has 2 fully saturated rings. The van der Waals surface area contributed by atoms with Gasteiger partial charge in [-0.2, -0.15) is 0 Å². The Morgan fingerprint density at radius 1 is 1.04 bits per heavy atom. The number of hydrogen-bond donors (Lipinski definition) is 2. The normalized spacial score (nSPS) is 20.7. The van der Waals surface area contributed by atoms with Crippen molar-refractivity contribution in [3.05, 3.63) is 29.8 Å². The lowest BCUT2D eigenvalue weighted by atomic mass is 9.84. The maximum Gasteiger partial charge on any atom is 0.240 e. The van der Waals surface area contributed by atoms with Crippen LogP contribution in [0, 0.1) is 5.92 Å². The van der Waals surface area contributed by atoms with Crippen LogP contribution in [0.1, 0.15) is 56.4 Å². The van der Waals surface area contributed by atoms with Crippen molar-refractivity contribution in [1.29, 1.82) is 0 Å². The van der Waals surface area contributed by atoms with Crippen molar-refractivity contribution in [2.45, 2.75) is 61.8 Å². The van der Waals surface area contributed by atoms with Crippen LogP contribution in [-0.4, -0.2) is 21.0 Å². The molecule has 3 rings (SSSR count). The van der Waals surface area contributed by atoms with Crippen molar-refractivity contribution in [1.82, 2.24) is 4.72 Å². The summed E-state index contributed by atoms with van der Waals surface area (Å²) in [6.07, 6.45) is 8.49. The van der Waals surface area contributed by atoms with E-state index in [0.29, 0.717) is 23.3 Å². The monoisotopic (exact) mass is 358 g/mol. The van der Waals surface area contributed by atoms with Crippen LogP contribution in [0.25, 0.3) is 0 Å². The van der Waals surface area contributed by atoms with Crippen molar-refractivity contribution in [3.8, 4) is 0 Å². The maximum atomic E-state index is 12.5. The van der Waals surface area contributed by atoms with Gasteiger partial charge < -0.3 is 5.73 Å². The van der Waals surface area contributed by atoms with Crippen LogP contribution < -0.4 is 10.5 Å². The average Bonchev–Trinajstić information content (AvgIpc) is 3.38. The molecule has 0 heterocycles. The predicted octanol–water partition coefficient (Wildman–Crippen LogP) is 3.17. The lowest BCUT2D eigenvalue weighted by Gasteiger charge is -2.22. The summed E-state index contributed by atoms with van der Waals surface area (Å²) in [6, 6.07) is 7.33. The Bertz CT molecular complexity index is 594. The largest absolute Gasteiger partial charge is 0.329 e. The van der Waals surface area contributed by atoms with Crippen molar-refractivity contribution >= 4 is 22.4 Å². The number of rotatable bonds is 6. The standard InChI is InChI=1S/C17H26N2O2S.ClH/c18-12-17(15-6-7-15)19-22(20,21)16-10-8-14(9-11-16)13-4-2-1-3-5-13;/h8-11,13,15,17,19H,1-7,12,18H2;1H. The molecule has 23 heavy (non-hydrogen) atoms. The van der Waals surface area contributed by atoms with Gasteiger partial charge >= 0.3 is 0 Å². The summed E-state index contributed by atoms with van der Waals surface area (Å²) in [7, 11) is -3.45. The molecule has 0 aromatic heterocycles. The fraction of sp³-hybridized carbons (Fsp3) is 0.647. The van der Waals surface area contributed by atoms with E-state index in [1.165, 1.54) is 37.7 Å². The smallest absolute Gasteiger partial charge is 0.240 e. The van der Waals surface area contributed by atoms with Gasteiger partial charge in [0.2, 0.25) is 10.0 Å². The number of benzene rings is 1. The summed E-state index contributed by atoms with van der Waals surface area (Å²) < 4.78 is 27.7. The summed E-state index contributed by atoms with van der Waals surface area (Å²) in [5.74, 6) is 1.02. The molecule has 2 aliphatic carbocycles. The highest BCUT2D eigenvalue weighted by Gasteiger charge is 2.33. The molecular formula is C17H27ClN2O2S. The van der Waals surface area contributed by atoms with Gasteiger partial charge in [0.15, 0.2) is 0 Å². The maximum absolute atomic E-state index is 12.5. The second kappa shape index (κ2) is 7.97. The zero-order chi connectivity index (χ0) is 15.6.